The third-order valence-electron chi connectivity index (χ3n) is 4.06. The molecule has 0 saturated heterocycles. The molecule has 0 spiro atoms. The molecule has 0 aliphatic heterocycles. The number of benzene rings is 1. The Morgan fingerprint density at radius 3 is 2.79 bits per heavy atom. The maximum absolute atomic E-state index is 5.96. The van der Waals surface area contributed by atoms with Gasteiger partial charge in [0, 0.05) is 37.6 Å². The maximum atomic E-state index is 5.96. The number of aromatic nitrogens is 1. The number of nitrogens with zero attached hydrogens (tertiary/aromatic N) is 2. The molecular formula is C21H32N4O2S. The van der Waals surface area contributed by atoms with Crippen molar-refractivity contribution in [2.24, 2.45) is 4.99 Å². The third-order valence-corrected chi connectivity index (χ3v) is 5.11. The topological polar surface area (TPSA) is 67.8 Å². The first-order valence-electron chi connectivity index (χ1n) is 9.83. The van der Waals surface area contributed by atoms with E-state index in [9.17, 15) is 0 Å². The van der Waals surface area contributed by atoms with Gasteiger partial charge in [-0.25, -0.2) is 9.98 Å². The van der Waals surface area contributed by atoms with Crippen molar-refractivity contribution in [1.29, 1.82) is 0 Å². The van der Waals surface area contributed by atoms with Crippen molar-refractivity contribution in [2.45, 2.75) is 46.7 Å². The molecule has 1 aromatic heterocycles. The van der Waals surface area contributed by atoms with Crippen LogP contribution in [0.4, 0.5) is 0 Å². The number of aryl methyl sites for hydroxylation is 2. The van der Waals surface area contributed by atoms with Crippen LogP contribution in [0, 0.1) is 6.92 Å². The molecule has 2 rings (SSSR count). The van der Waals surface area contributed by atoms with Crippen molar-refractivity contribution < 1.29 is 9.47 Å². The van der Waals surface area contributed by atoms with E-state index in [0.29, 0.717) is 26.3 Å². The van der Waals surface area contributed by atoms with Crippen LogP contribution in [-0.4, -0.2) is 37.8 Å². The van der Waals surface area contributed by atoms with Gasteiger partial charge in [0.05, 0.1) is 30.4 Å². The van der Waals surface area contributed by atoms with E-state index in [1.807, 2.05) is 0 Å². The van der Waals surface area contributed by atoms with Crippen molar-refractivity contribution in [2.75, 3.05) is 26.9 Å². The van der Waals surface area contributed by atoms with E-state index in [4.69, 9.17) is 14.5 Å². The highest BCUT2D eigenvalue weighted by molar-refractivity contribution is 7.09. The van der Waals surface area contributed by atoms with Gasteiger partial charge in [0.15, 0.2) is 5.96 Å². The normalized spacial score (nSPS) is 11.5. The summed E-state index contributed by atoms with van der Waals surface area (Å²) in [6, 6.07) is 6.25. The van der Waals surface area contributed by atoms with Crippen LogP contribution in [0.5, 0.6) is 5.75 Å². The van der Waals surface area contributed by atoms with Crippen LogP contribution < -0.4 is 15.4 Å². The van der Waals surface area contributed by atoms with Gasteiger partial charge in [-0.1, -0.05) is 19.1 Å². The molecule has 0 fully saturated rings. The van der Waals surface area contributed by atoms with E-state index < -0.39 is 0 Å². The Hall–Kier alpha value is -2.12. The molecule has 2 aromatic rings. The second-order valence-electron chi connectivity index (χ2n) is 6.44. The monoisotopic (exact) mass is 404 g/mol. The molecule has 6 nitrogen and oxygen atoms in total. The molecule has 1 aromatic carbocycles. The van der Waals surface area contributed by atoms with Crippen molar-refractivity contribution in [3.8, 4) is 5.75 Å². The highest BCUT2D eigenvalue weighted by Crippen LogP contribution is 2.21. The zero-order chi connectivity index (χ0) is 20.2. The fourth-order valence-corrected chi connectivity index (χ4v) is 3.33. The summed E-state index contributed by atoms with van der Waals surface area (Å²) in [5, 5.41) is 9.91. The van der Waals surface area contributed by atoms with E-state index in [1.165, 1.54) is 5.56 Å². The van der Waals surface area contributed by atoms with E-state index >= 15 is 0 Å². The molecule has 0 bridgehead atoms. The molecule has 0 aliphatic carbocycles. The van der Waals surface area contributed by atoms with Crippen molar-refractivity contribution >= 4 is 17.3 Å². The van der Waals surface area contributed by atoms with Crippen LogP contribution in [0.15, 0.2) is 28.6 Å². The number of thiazole rings is 1. The Kier molecular flexibility index (Phi) is 9.79. The number of methoxy groups -OCH3 is 1. The van der Waals surface area contributed by atoms with Crippen molar-refractivity contribution in [1.82, 2.24) is 15.6 Å². The standard InChI is InChI=1S/C21H32N4O2S/c1-5-20-25-18(15-28-20)14-24-21(22-6-2)23-13-17-9-8-16(3)12-19(17)27-11-7-10-26-4/h8-9,12,15H,5-7,10-11,13-14H2,1-4H3,(H2,22,23,24). The number of guanidine groups is 1. The quantitative estimate of drug-likeness (QED) is 0.340. The Morgan fingerprint density at radius 1 is 1.21 bits per heavy atom. The summed E-state index contributed by atoms with van der Waals surface area (Å²) < 4.78 is 11.0. The SMILES string of the molecule is CCNC(=NCc1ccc(C)cc1OCCCOC)NCc1csc(CC)n1. The number of nitrogens with one attached hydrogen (secondary N) is 2. The highest BCUT2D eigenvalue weighted by atomic mass is 32.1. The molecule has 0 unspecified atom stereocenters. The van der Waals surface area contributed by atoms with E-state index in [0.717, 1.165) is 47.4 Å². The van der Waals surface area contributed by atoms with E-state index in [1.54, 1.807) is 18.4 Å². The first kappa shape index (κ1) is 22.2. The van der Waals surface area contributed by atoms with Gasteiger partial charge in [-0.2, -0.15) is 0 Å². The minimum atomic E-state index is 0.548. The molecule has 154 valence electrons. The van der Waals surface area contributed by atoms with Crippen LogP contribution >= 0.6 is 11.3 Å². The van der Waals surface area contributed by atoms with Crippen LogP contribution in [-0.2, 0) is 24.2 Å². The minimum absolute atomic E-state index is 0.548. The maximum Gasteiger partial charge on any atom is 0.191 e. The lowest BCUT2D eigenvalue weighted by atomic mass is 10.1. The predicted octanol–water partition coefficient (Wildman–Crippen LogP) is 3.68. The summed E-state index contributed by atoms with van der Waals surface area (Å²) >= 11 is 1.70. The molecule has 2 N–H and O–H groups in total. The van der Waals surface area contributed by atoms with Gasteiger partial charge in [-0.15, -0.1) is 11.3 Å². The highest BCUT2D eigenvalue weighted by Gasteiger charge is 2.06. The first-order valence-corrected chi connectivity index (χ1v) is 10.7. The number of ether oxygens (including phenoxy) is 2. The summed E-state index contributed by atoms with van der Waals surface area (Å²) in [6.45, 7) is 9.60. The third kappa shape index (κ3) is 7.48. The molecule has 7 heteroatoms. The summed E-state index contributed by atoms with van der Waals surface area (Å²) in [5.41, 5.74) is 3.29. The Bertz CT molecular complexity index is 746. The van der Waals surface area contributed by atoms with Crippen LogP contribution in [0.3, 0.4) is 0 Å². The number of hydrogen-bond donors (Lipinski definition) is 2. The number of aliphatic imine (C=N–C) groups is 1. The van der Waals surface area contributed by atoms with Gasteiger partial charge in [-0.3, -0.25) is 0 Å². The van der Waals surface area contributed by atoms with Gasteiger partial charge >= 0.3 is 0 Å². The molecule has 0 aliphatic rings. The minimum Gasteiger partial charge on any atom is -0.493 e. The van der Waals surface area contributed by atoms with E-state index in [-0.39, 0.29) is 0 Å². The zero-order valence-electron chi connectivity index (χ0n) is 17.4. The average molecular weight is 405 g/mol. The van der Waals surface area contributed by atoms with Gasteiger partial charge < -0.3 is 20.1 Å². The fourth-order valence-electron chi connectivity index (χ4n) is 2.58. The molecule has 0 radical (unpaired) electrons. The summed E-state index contributed by atoms with van der Waals surface area (Å²) in [5.74, 6) is 1.67. The average Bonchev–Trinajstić information content (AvgIpc) is 3.16. The molecule has 0 atom stereocenters. The molecule has 1 heterocycles. The second kappa shape index (κ2) is 12.4. The number of rotatable bonds is 11. The Balaban J connectivity index is 2.00. The smallest absolute Gasteiger partial charge is 0.191 e. The summed E-state index contributed by atoms with van der Waals surface area (Å²) in [6.07, 6.45) is 1.84. The Labute approximate surface area is 172 Å². The Morgan fingerprint density at radius 2 is 2.07 bits per heavy atom. The lowest BCUT2D eigenvalue weighted by Crippen LogP contribution is -2.36. The van der Waals surface area contributed by atoms with Gasteiger partial charge in [-0.05, 0) is 31.9 Å². The number of hydrogen-bond acceptors (Lipinski definition) is 5. The summed E-state index contributed by atoms with van der Waals surface area (Å²) in [4.78, 5) is 9.32. The molecule has 0 amide bonds. The first-order chi connectivity index (χ1) is 13.7. The van der Waals surface area contributed by atoms with Crippen molar-refractivity contribution in [3.05, 3.63) is 45.4 Å². The van der Waals surface area contributed by atoms with Gasteiger partial charge in [0.25, 0.3) is 0 Å². The van der Waals surface area contributed by atoms with Gasteiger partial charge in [0.2, 0.25) is 0 Å². The lowest BCUT2D eigenvalue weighted by Gasteiger charge is -2.13. The van der Waals surface area contributed by atoms with Crippen LogP contribution in [0.1, 0.15) is 42.1 Å². The van der Waals surface area contributed by atoms with E-state index in [2.05, 4.69) is 60.0 Å². The predicted molar refractivity (Wildman–Crippen MR) is 116 cm³/mol. The van der Waals surface area contributed by atoms with Crippen molar-refractivity contribution in [3.63, 3.8) is 0 Å². The molecule has 0 saturated carbocycles. The van der Waals surface area contributed by atoms with Crippen LogP contribution in [0.25, 0.3) is 0 Å². The van der Waals surface area contributed by atoms with Gasteiger partial charge in [0.1, 0.15) is 5.75 Å². The second-order valence-corrected chi connectivity index (χ2v) is 7.38. The fraction of sp³-hybridized carbons (Fsp3) is 0.524. The zero-order valence-corrected chi connectivity index (χ0v) is 18.2. The van der Waals surface area contributed by atoms with Crippen LogP contribution in [0.2, 0.25) is 0 Å². The molecular weight excluding hydrogens is 372 g/mol. The molecule has 28 heavy (non-hydrogen) atoms. The lowest BCUT2D eigenvalue weighted by molar-refractivity contribution is 0.172. The largest absolute Gasteiger partial charge is 0.493 e. The summed E-state index contributed by atoms with van der Waals surface area (Å²) in [7, 11) is 1.71.